The van der Waals surface area contributed by atoms with Gasteiger partial charge in [0, 0.05) is 63.1 Å². The standard InChI is InChI=1S/C33H36N4O4S/c1-22-20-29-30(21-31(22)41-6)34-32(38)37(27-16-18-28(19-17-27)42(7,39)40)33(29,23-8-12-25(13-9-23)35(2)3)24-10-14-26(15-11-24)36(4)5/h8-21H,1-7H3,(H,34,38). The van der Waals surface area contributed by atoms with Crippen molar-refractivity contribution < 1.29 is 17.9 Å². The summed E-state index contributed by atoms with van der Waals surface area (Å²) in [7, 11) is 6.13. The maximum atomic E-state index is 14.3. The molecule has 0 fully saturated rings. The van der Waals surface area contributed by atoms with E-state index in [-0.39, 0.29) is 10.9 Å². The van der Waals surface area contributed by atoms with Gasteiger partial charge in [0.2, 0.25) is 0 Å². The fraction of sp³-hybridized carbons (Fsp3) is 0.242. The van der Waals surface area contributed by atoms with E-state index in [0.29, 0.717) is 17.1 Å². The summed E-state index contributed by atoms with van der Waals surface area (Å²) in [5.74, 6) is 0.666. The van der Waals surface area contributed by atoms with Crippen LogP contribution in [-0.4, -0.2) is 56.0 Å². The number of amides is 2. The lowest BCUT2D eigenvalue weighted by atomic mass is 9.73. The zero-order chi connectivity index (χ0) is 30.4. The fourth-order valence-corrected chi connectivity index (χ4v) is 6.28. The topological polar surface area (TPSA) is 82.2 Å². The summed E-state index contributed by atoms with van der Waals surface area (Å²) < 4.78 is 30.2. The maximum absolute atomic E-state index is 14.3. The van der Waals surface area contributed by atoms with Gasteiger partial charge in [0.15, 0.2) is 9.84 Å². The quantitative estimate of drug-likeness (QED) is 0.292. The fourth-order valence-electron chi connectivity index (χ4n) is 5.65. The maximum Gasteiger partial charge on any atom is 0.327 e. The van der Waals surface area contributed by atoms with Gasteiger partial charge in [-0.2, -0.15) is 0 Å². The molecule has 0 spiro atoms. The van der Waals surface area contributed by atoms with Gasteiger partial charge >= 0.3 is 6.03 Å². The van der Waals surface area contributed by atoms with Crippen molar-refractivity contribution in [3.8, 4) is 5.75 Å². The summed E-state index contributed by atoms with van der Waals surface area (Å²) in [5, 5.41) is 3.08. The normalized spacial score (nSPS) is 14.2. The Morgan fingerprint density at radius 2 is 1.29 bits per heavy atom. The molecule has 4 aromatic rings. The van der Waals surface area contributed by atoms with E-state index in [1.54, 1.807) is 36.3 Å². The molecule has 4 aromatic carbocycles. The number of carbonyl (C=O) groups is 1. The monoisotopic (exact) mass is 584 g/mol. The van der Waals surface area contributed by atoms with E-state index >= 15 is 0 Å². The number of aryl methyl sites for hydroxylation is 1. The van der Waals surface area contributed by atoms with Crippen molar-refractivity contribution in [1.82, 2.24) is 0 Å². The van der Waals surface area contributed by atoms with Gasteiger partial charge in [0.25, 0.3) is 0 Å². The van der Waals surface area contributed by atoms with Crippen LogP contribution in [0.3, 0.4) is 0 Å². The smallest absolute Gasteiger partial charge is 0.327 e. The number of carbonyl (C=O) groups excluding carboxylic acids is 1. The number of urea groups is 1. The van der Waals surface area contributed by atoms with Gasteiger partial charge in [-0.05, 0) is 78.2 Å². The molecule has 0 saturated heterocycles. The Morgan fingerprint density at radius 3 is 1.71 bits per heavy atom. The van der Waals surface area contributed by atoms with Gasteiger partial charge in [-0.15, -0.1) is 0 Å². The first-order valence-electron chi connectivity index (χ1n) is 13.5. The Kier molecular flexibility index (Phi) is 7.41. The molecule has 5 rings (SSSR count). The van der Waals surface area contributed by atoms with Crippen LogP contribution in [0.5, 0.6) is 5.75 Å². The largest absolute Gasteiger partial charge is 0.496 e. The minimum absolute atomic E-state index is 0.181. The van der Waals surface area contributed by atoms with Crippen LogP contribution >= 0.6 is 0 Å². The van der Waals surface area contributed by atoms with Crippen molar-refractivity contribution in [2.75, 3.05) is 61.6 Å². The average Bonchev–Trinajstić information content (AvgIpc) is 2.96. The number of nitrogens with one attached hydrogen (secondary N) is 1. The highest BCUT2D eigenvalue weighted by Gasteiger charge is 2.50. The zero-order valence-corrected chi connectivity index (χ0v) is 25.8. The molecule has 2 amide bonds. The predicted molar refractivity (Wildman–Crippen MR) is 170 cm³/mol. The van der Waals surface area contributed by atoms with Crippen molar-refractivity contribution in [2.24, 2.45) is 0 Å². The molecule has 42 heavy (non-hydrogen) atoms. The number of hydrogen-bond acceptors (Lipinski definition) is 6. The molecule has 9 heteroatoms. The average molecular weight is 585 g/mol. The number of methoxy groups -OCH3 is 1. The molecule has 0 atom stereocenters. The van der Waals surface area contributed by atoms with Crippen LogP contribution in [0.15, 0.2) is 89.8 Å². The van der Waals surface area contributed by atoms with Gasteiger partial charge in [-0.25, -0.2) is 13.2 Å². The zero-order valence-electron chi connectivity index (χ0n) is 25.0. The number of anilines is 4. The molecule has 0 aromatic heterocycles. The number of ether oxygens (including phenoxy) is 1. The highest BCUT2D eigenvalue weighted by atomic mass is 32.2. The van der Waals surface area contributed by atoms with E-state index in [9.17, 15) is 13.2 Å². The first kappa shape index (κ1) is 29.0. The van der Waals surface area contributed by atoms with Crippen molar-refractivity contribution in [2.45, 2.75) is 17.4 Å². The van der Waals surface area contributed by atoms with Crippen LogP contribution in [0.2, 0.25) is 0 Å². The van der Waals surface area contributed by atoms with Gasteiger partial charge in [0.1, 0.15) is 11.3 Å². The van der Waals surface area contributed by atoms with Crippen molar-refractivity contribution >= 4 is 38.6 Å². The van der Waals surface area contributed by atoms with Gasteiger partial charge in [-0.3, -0.25) is 4.90 Å². The third kappa shape index (κ3) is 4.83. The summed E-state index contributed by atoms with van der Waals surface area (Å²) in [5.41, 5.74) is 5.64. The molecule has 1 N–H and O–H groups in total. The summed E-state index contributed by atoms with van der Waals surface area (Å²) in [4.78, 5) is 20.2. The van der Waals surface area contributed by atoms with Crippen molar-refractivity contribution in [3.05, 3.63) is 107 Å². The van der Waals surface area contributed by atoms with Crippen LogP contribution in [-0.2, 0) is 15.4 Å². The summed E-state index contributed by atoms with van der Waals surface area (Å²) in [6, 6.07) is 26.4. The lowest BCUT2D eigenvalue weighted by Crippen LogP contribution is -2.56. The number of fused-ring (bicyclic) bond motifs is 1. The predicted octanol–water partition coefficient (Wildman–Crippen LogP) is 5.88. The highest BCUT2D eigenvalue weighted by molar-refractivity contribution is 7.90. The minimum atomic E-state index is -3.43. The van der Waals surface area contributed by atoms with Gasteiger partial charge in [-0.1, -0.05) is 24.3 Å². The first-order chi connectivity index (χ1) is 19.9. The van der Waals surface area contributed by atoms with Crippen molar-refractivity contribution in [3.63, 3.8) is 0 Å². The first-order valence-corrected chi connectivity index (χ1v) is 15.4. The molecule has 8 nitrogen and oxygen atoms in total. The molecule has 0 bridgehead atoms. The number of hydrogen-bond donors (Lipinski definition) is 1. The minimum Gasteiger partial charge on any atom is -0.496 e. The van der Waals surface area contributed by atoms with Crippen LogP contribution in [0.25, 0.3) is 0 Å². The summed E-state index contributed by atoms with van der Waals surface area (Å²) in [6.07, 6.45) is 1.17. The van der Waals surface area contributed by atoms with Crippen LogP contribution < -0.4 is 24.8 Å². The molecular formula is C33H36N4O4S. The third-order valence-corrected chi connectivity index (χ3v) is 8.96. The lowest BCUT2D eigenvalue weighted by molar-refractivity contribution is 0.252. The molecule has 218 valence electrons. The number of rotatable bonds is 7. The highest BCUT2D eigenvalue weighted by Crippen LogP contribution is 2.51. The van der Waals surface area contributed by atoms with Crippen molar-refractivity contribution in [1.29, 1.82) is 0 Å². The van der Waals surface area contributed by atoms with Gasteiger partial charge in [0.05, 0.1) is 17.7 Å². The van der Waals surface area contributed by atoms with E-state index < -0.39 is 15.4 Å². The van der Waals surface area contributed by atoms with Crippen LogP contribution in [0.1, 0.15) is 22.3 Å². The Hall–Kier alpha value is -4.50. The Morgan fingerprint density at radius 1 is 0.786 bits per heavy atom. The molecular weight excluding hydrogens is 548 g/mol. The van der Waals surface area contributed by atoms with E-state index in [1.807, 2.05) is 75.2 Å². The van der Waals surface area contributed by atoms with E-state index in [4.69, 9.17) is 4.74 Å². The lowest BCUT2D eigenvalue weighted by Gasteiger charge is -2.49. The Bertz CT molecular complexity index is 1680. The number of sulfone groups is 1. The second-order valence-electron chi connectivity index (χ2n) is 11.0. The summed E-state index contributed by atoms with van der Waals surface area (Å²) >= 11 is 0. The van der Waals surface area contributed by atoms with Crippen LogP contribution in [0.4, 0.5) is 27.5 Å². The second kappa shape index (κ2) is 10.7. The number of nitrogens with zero attached hydrogens (tertiary/aromatic N) is 3. The number of benzene rings is 4. The van der Waals surface area contributed by atoms with Crippen LogP contribution in [0, 0.1) is 6.92 Å². The van der Waals surface area contributed by atoms with E-state index in [1.165, 1.54) is 6.26 Å². The third-order valence-electron chi connectivity index (χ3n) is 7.83. The summed E-state index contributed by atoms with van der Waals surface area (Å²) in [6.45, 7) is 1.98. The SMILES string of the molecule is COc1cc2c(cc1C)C(c1ccc(N(C)C)cc1)(c1ccc(N(C)C)cc1)N(c1ccc(S(C)(=O)=O)cc1)C(=O)N2. The Labute approximate surface area is 248 Å². The molecule has 0 saturated carbocycles. The molecule has 1 aliphatic rings. The van der Waals surface area contributed by atoms with Gasteiger partial charge < -0.3 is 19.9 Å². The molecule has 0 aliphatic carbocycles. The molecule has 1 heterocycles. The second-order valence-corrected chi connectivity index (χ2v) is 13.0. The van der Waals surface area contributed by atoms with E-state index in [2.05, 4.69) is 35.6 Å². The van der Waals surface area contributed by atoms with E-state index in [0.717, 1.165) is 33.6 Å². The Balaban J connectivity index is 1.90. The molecule has 0 radical (unpaired) electrons. The molecule has 0 unspecified atom stereocenters. The molecule has 1 aliphatic heterocycles.